The highest BCUT2D eigenvalue weighted by atomic mass is 32.2. The number of aryl methyl sites for hydroxylation is 3. The van der Waals surface area contributed by atoms with E-state index in [1.807, 2.05) is 13.0 Å². The summed E-state index contributed by atoms with van der Waals surface area (Å²) in [4.78, 5) is 13.0. The molecule has 0 spiro atoms. The lowest BCUT2D eigenvalue weighted by Crippen LogP contribution is -2.28. The molecular weight excluding hydrogens is 408 g/mol. The third kappa shape index (κ3) is 5.33. The van der Waals surface area contributed by atoms with Crippen molar-refractivity contribution in [1.29, 1.82) is 0 Å². The first-order valence-electron chi connectivity index (χ1n) is 10.3. The number of carbonyl (C=O) groups excluding carboxylic acids is 1. The molecule has 1 amide bonds. The number of rotatable bonds is 7. The average Bonchev–Trinajstić information content (AvgIpc) is 2.75. The van der Waals surface area contributed by atoms with Crippen molar-refractivity contribution in [2.75, 3.05) is 4.72 Å². The van der Waals surface area contributed by atoms with Crippen LogP contribution in [0.5, 0.6) is 0 Å². The van der Waals surface area contributed by atoms with Gasteiger partial charge in [-0.3, -0.25) is 9.52 Å². The molecule has 0 radical (unpaired) electrons. The topological polar surface area (TPSA) is 75.3 Å². The lowest BCUT2D eigenvalue weighted by Gasteiger charge is -2.19. The summed E-state index contributed by atoms with van der Waals surface area (Å²) in [5.74, 6) is -0.189. The number of benzene rings is 3. The van der Waals surface area contributed by atoms with Crippen LogP contribution >= 0.6 is 0 Å². The van der Waals surface area contributed by atoms with Crippen LogP contribution in [0.4, 0.5) is 5.69 Å². The quantitative estimate of drug-likeness (QED) is 0.528. The number of sulfonamides is 1. The Morgan fingerprint density at radius 3 is 2.19 bits per heavy atom. The van der Waals surface area contributed by atoms with E-state index in [0.29, 0.717) is 16.8 Å². The molecule has 5 nitrogen and oxygen atoms in total. The number of nitrogens with one attached hydrogen (secondary N) is 2. The predicted molar refractivity (Wildman–Crippen MR) is 125 cm³/mol. The van der Waals surface area contributed by atoms with Gasteiger partial charge in [-0.05, 0) is 79.8 Å². The Morgan fingerprint density at radius 2 is 1.58 bits per heavy atom. The van der Waals surface area contributed by atoms with Gasteiger partial charge in [0.05, 0.1) is 16.6 Å². The molecule has 0 heterocycles. The third-order valence-corrected chi connectivity index (χ3v) is 6.81. The summed E-state index contributed by atoms with van der Waals surface area (Å²) in [7, 11) is -3.69. The second kappa shape index (κ2) is 9.35. The zero-order valence-corrected chi connectivity index (χ0v) is 19.1. The van der Waals surface area contributed by atoms with Gasteiger partial charge >= 0.3 is 0 Å². The maximum atomic E-state index is 12.9. The van der Waals surface area contributed by atoms with Crippen LogP contribution in [0.1, 0.15) is 52.0 Å². The molecule has 0 aliphatic heterocycles. The van der Waals surface area contributed by atoms with E-state index in [9.17, 15) is 13.2 Å². The fourth-order valence-corrected chi connectivity index (χ4v) is 4.52. The summed E-state index contributed by atoms with van der Waals surface area (Å²) in [6.45, 7) is 7.94. The first kappa shape index (κ1) is 22.6. The van der Waals surface area contributed by atoms with Crippen molar-refractivity contribution in [1.82, 2.24) is 5.32 Å². The van der Waals surface area contributed by atoms with Gasteiger partial charge in [0.15, 0.2) is 0 Å². The highest BCUT2D eigenvalue weighted by molar-refractivity contribution is 7.92. The summed E-state index contributed by atoms with van der Waals surface area (Å²) in [5.41, 5.74) is 5.09. The Hall–Kier alpha value is -3.12. The standard InChI is InChI=1S/C25H28N2O3S/c1-5-23(20-12-11-17(2)18(3)15-20)26-25(28)21-13-14-24(19(4)16-21)27-31(29,30)22-9-7-6-8-10-22/h6-16,23,27H,5H2,1-4H3,(H,26,28)/t23-/m0/s1. The van der Waals surface area contributed by atoms with Gasteiger partial charge in [0, 0.05) is 5.56 Å². The molecule has 3 rings (SSSR count). The Bertz CT molecular complexity index is 1190. The van der Waals surface area contributed by atoms with Gasteiger partial charge in [0.2, 0.25) is 0 Å². The van der Waals surface area contributed by atoms with Crippen LogP contribution < -0.4 is 10.0 Å². The van der Waals surface area contributed by atoms with Crippen molar-refractivity contribution in [3.05, 3.63) is 94.5 Å². The number of carbonyl (C=O) groups is 1. The van der Waals surface area contributed by atoms with Crippen LogP contribution in [-0.2, 0) is 10.0 Å². The van der Waals surface area contributed by atoms with E-state index in [1.54, 1.807) is 43.3 Å². The summed E-state index contributed by atoms with van der Waals surface area (Å²) in [5, 5.41) is 3.09. The van der Waals surface area contributed by atoms with Gasteiger partial charge in [0.1, 0.15) is 0 Å². The summed E-state index contributed by atoms with van der Waals surface area (Å²) >= 11 is 0. The largest absolute Gasteiger partial charge is 0.345 e. The molecule has 0 bridgehead atoms. The first-order valence-corrected chi connectivity index (χ1v) is 11.8. The van der Waals surface area contributed by atoms with Crippen molar-refractivity contribution in [3.63, 3.8) is 0 Å². The monoisotopic (exact) mass is 436 g/mol. The Balaban J connectivity index is 1.77. The number of hydrogen-bond acceptors (Lipinski definition) is 3. The second-order valence-electron chi connectivity index (χ2n) is 7.73. The van der Waals surface area contributed by atoms with Crippen LogP contribution in [0.3, 0.4) is 0 Å². The minimum absolute atomic E-state index is 0.0941. The molecule has 6 heteroatoms. The molecule has 0 unspecified atom stereocenters. The lowest BCUT2D eigenvalue weighted by atomic mass is 9.99. The van der Waals surface area contributed by atoms with Crippen LogP contribution in [0, 0.1) is 20.8 Å². The van der Waals surface area contributed by atoms with Gasteiger partial charge in [-0.15, -0.1) is 0 Å². The molecule has 0 saturated heterocycles. The second-order valence-corrected chi connectivity index (χ2v) is 9.41. The van der Waals surface area contributed by atoms with Crippen molar-refractivity contribution < 1.29 is 13.2 Å². The first-order chi connectivity index (χ1) is 14.7. The minimum Gasteiger partial charge on any atom is -0.345 e. The molecular formula is C25H28N2O3S. The van der Waals surface area contributed by atoms with E-state index in [4.69, 9.17) is 0 Å². The minimum atomic E-state index is -3.69. The van der Waals surface area contributed by atoms with Crippen LogP contribution in [0.2, 0.25) is 0 Å². The summed E-state index contributed by atoms with van der Waals surface area (Å²) < 4.78 is 27.7. The van der Waals surface area contributed by atoms with Gasteiger partial charge in [-0.25, -0.2) is 8.42 Å². The summed E-state index contributed by atoms with van der Waals surface area (Å²) in [6, 6.07) is 19.3. The van der Waals surface area contributed by atoms with Gasteiger partial charge in [-0.1, -0.05) is 43.3 Å². The van der Waals surface area contributed by atoms with Gasteiger partial charge in [0.25, 0.3) is 15.9 Å². The molecule has 0 saturated carbocycles. The van der Waals surface area contributed by atoms with E-state index < -0.39 is 10.0 Å². The zero-order valence-electron chi connectivity index (χ0n) is 18.3. The van der Waals surface area contributed by atoms with Crippen molar-refractivity contribution in [2.24, 2.45) is 0 Å². The van der Waals surface area contributed by atoms with E-state index in [-0.39, 0.29) is 16.8 Å². The molecule has 0 aliphatic carbocycles. The highest BCUT2D eigenvalue weighted by Gasteiger charge is 2.18. The molecule has 0 fully saturated rings. The average molecular weight is 437 g/mol. The molecule has 162 valence electrons. The SMILES string of the molecule is CC[C@H](NC(=O)c1ccc(NS(=O)(=O)c2ccccc2)c(C)c1)c1ccc(C)c(C)c1. The Morgan fingerprint density at radius 1 is 0.871 bits per heavy atom. The zero-order chi connectivity index (χ0) is 22.6. The van der Waals surface area contributed by atoms with E-state index in [2.05, 4.69) is 36.0 Å². The van der Waals surface area contributed by atoms with E-state index in [0.717, 1.165) is 12.0 Å². The number of anilines is 1. The molecule has 0 aliphatic rings. The van der Waals surface area contributed by atoms with Crippen molar-refractivity contribution >= 4 is 21.6 Å². The van der Waals surface area contributed by atoms with Crippen LogP contribution in [-0.4, -0.2) is 14.3 Å². The molecule has 0 aromatic heterocycles. The van der Waals surface area contributed by atoms with Crippen molar-refractivity contribution in [3.8, 4) is 0 Å². The predicted octanol–water partition coefficient (Wildman–Crippen LogP) is 5.29. The fourth-order valence-electron chi connectivity index (χ4n) is 3.37. The maximum absolute atomic E-state index is 12.9. The van der Waals surface area contributed by atoms with Crippen LogP contribution in [0.25, 0.3) is 0 Å². The fraction of sp³-hybridized carbons (Fsp3) is 0.240. The van der Waals surface area contributed by atoms with Crippen molar-refractivity contribution in [2.45, 2.75) is 45.1 Å². The van der Waals surface area contributed by atoms with E-state index >= 15 is 0 Å². The highest BCUT2D eigenvalue weighted by Crippen LogP contribution is 2.23. The maximum Gasteiger partial charge on any atom is 0.261 e. The third-order valence-electron chi connectivity index (χ3n) is 5.43. The smallest absolute Gasteiger partial charge is 0.261 e. The van der Waals surface area contributed by atoms with Gasteiger partial charge in [-0.2, -0.15) is 0 Å². The lowest BCUT2D eigenvalue weighted by molar-refractivity contribution is 0.0935. The normalized spacial score (nSPS) is 12.3. The van der Waals surface area contributed by atoms with E-state index in [1.165, 1.54) is 23.3 Å². The number of amides is 1. The summed E-state index contributed by atoms with van der Waals surface area (Å²) in [6.07, 6.45) is 0.766. The Labute approximate surface area is 184 Å². The molecule has 3 aromatic rings. The molecule has 3 aromatic carbocycles. The number of hydrogen-bond donors (Lipinski definition) is 2. The molecule has 1 atom stereocenters. The van der Waals surface area contributed by atoms with Crippen LogP contribution in [0.15, 0.2) is 71.6 Å². The molecule has 31 heavy (non-hydrogen) atoms. The Kier molecular flexibility index (Phi) is 6.81. The molecule has 2 N–H and O–H groups in total. The van der Waals surface area contributed by atoms with Gasteiger partial charge < -0.3 is 5.32 Å².